The molecule has 2 N–H and O–H groups in total. The van der Waals surface area contributed by atoms with Crippen molar-refractivity contribution in [3.63, 3.8) is 0 Å². The zero-order valence-corrected chi connectivity index (χ0v) is 12.7. The van der Waals surface area contributed by atoms with Crippen molar-refractivity contribution in [2.24, 2.45) is 0 Å². The Morgan fingerprint density at radius 1 is 1.20 bits per heavy atom. The van der Waals surface area contributed by atoms with Crippen LogP contribution in [0.5, 0.6) is 0 Å². The Balaban J connectivity index is 2.00. The number of aromatic nitrogens is 3. The Morgan fingerprint density at radius 3 is 2.80 bits per heavy atom. The topological polar surface area (TPSA) is 67.9 Å². The minimum absolute atomic E-state index is 0.691. The second-order valence-electron chi connectivity index (χ2n) is 4.40. The van der Waals surface area contributed by atoms with Crippen LogP contribution in [0, 0.1) is 0 Å². The van der Waals surface area contributed by atoms with Crippen molar-refractivity contribution in [1.29, 1.82) is 0 Å². The number of nitrogens with two attached hydrogens (primary N) is 1. The number of para-hydroxylation sites is 1. The summed E-state index contributed by atoms with van der Waals surface area (Å²) in [5.41, 5.74) is 7.48. The monoisotopic (exact) mass is 303 g/mol. The van der Waals surface area contributed by atoms with Crippen molar-refractivity contribution in [3.8, 4) is 0 Å². The summed E-state index contributed by atoms with van der Waals surface area (Å²) in [6.07, 6.45) is 1.77. The van der Waals surface area contributed by atoms with Gasteiger partial charge in [-0.15, -0.1) is 10.2 Å². The summed E-state index contributed by atoms with van der Waals surface area (Å²) in [6.45, 7) is 0. The molecule has 0 saturated carbocycles. The fourth-order valence-electron chi connectivity index (χ4n) is 1.78. The maximum atomic E-state index is 5.96. The van der Waals surface area contributed by atoms with Gasteiger partial charge in [0.1, 0.15) is 0 Å². The van der Waals surface area contributed by atoms with Gasteiger partial charge in [-0.1, -0.05) is 35.2 Å². The second kappa shape index (κ2) is 5.26. The van der Waals surface area contributed by atoms with Gasteiger partial charge in [-0.3, -0.25) is 4.98 Å². The van der Waals surface area contributed by atoms with Crippen LogP contribution < -0.4 is 10.6 Å². The number of benzene rings is 1. The molecule has 5 nitrogen and oxygen atoms in total. The van der Waals surface area contributed by atoms with Gasteiger partial charge in [-0.25, -0.2) is 0 Å². The van der Waals surface area contributed by atoms with Crippen molar-refractivity contribution < 1.29 is 0 Å². The minimum Gasteiger partial charge on any atom is -0.397 e. The fourth-order valence-corrected chi connectivity index (χ4v) is 3.62. The normalized spacial score (nSPS) is 10.9. The minimum atomic E-state index is 0.691. The molecule has 0 saturated heterocycles. The molecule has 0 fully saturated rings. The van der Waals surface area contributed by atoms with Gasteiger partial charge in [-0.2, -0.15) is 0 Å². The summed E-state index contributed by atoms with van der Waals surface area (Å²) in [5.74, 6) is 0. The second-order valence-corrected chi connectivity index (χ2v) is 6.64. The molecule has 3 rings (SSSR count). The number of fused-ring (bicyclic) bond motifs is 1. The molecule has 0 spiro atoms. The zero-order valence-electron chi connectivity index (χ0n) is 11.1. The zero-order chi connectivity index (χ0) is 14.1. The quantitative estimate of drug-likeness (QED) is 0.750. The van der Waals surface area contributed by atoms with Crippen molar-refractivity contribution in [3.05, 3.63) is 30.5 Å². The number of nitrogen functional groups attached to an aromatic ring is 1. The average Bonchev–Trinajstić information content (AvgIpc) is 2.89. The van der Waals surface area contributed by atoms with E-state index in [1.807, 2.05) is 43.3 Å². The highest BCUT2D eigenvalue weighted by molar-refractivity contribution is 8.01. The molecule has 0 aliphatic carbocycles. The first-order valence-corrected chi connectivity index (χ1v) is 7.60. The molecule has 2 heterocycles. The summed E-state index contributed by atoms with van der Waals surface area (Å²) in [5, 5.41) is 10.3. The standard InChI is InChI=1S/C13H13N5S2/c1-18(2)12-16-17-13(20-12)19-10-6-7-15-11-8(10)4-3-5-9(11)14/h3-7H,14H2,1-2H3. The third-order valence-corrected chi connectivity index (χ3v) is 4.96. The molecule has 0 aliphatic rings. The van der Waals surface area contributed by atoms with Gasteiger partial charge in [0.25, 0.3) is 0 Å². The molecular formula is C13H13N5S2. The van der Waals surface area contributed by atoms with E-state index in [4.69, 9.17) is 5.73 Å². The summed E-state index contributed by atoms with van der Waals surface area (Å²) < 4.78 is 0.906. The Bertz CT molecular complexity index is 753. The van der Waals surface area contributed by atoms with Crippen molar-refractivity contribution in [2.45, 2.75) is 9.24 Å². The summed E-state index contributed by atoms with van der Waals surface area (Å²) >= 11 is 3.15. The van der Waals surface area contributed by atoms with E-state index in [-0.39, 0.29) is 0 Å². The van der Waals surface area contributed by atoms with E-state index >= 15 is 0 Å². The molecule has 3 aromatic rings. The average molecular weight is 303 g/mol. The predicted octanol–water partition coefficient (Wildman–Crippen LogP) is 2.89. The molecule has 7 heteroatoms. The fraction of sp³-hybridized carbons (Fsp3) is 0.154. The van der Waals surface area contributed by atoms with Gasteiger partial charge >= 0.3 is 0 Å². The molecule has 0 radical (unpaired) electrons. The number of pyridine rings is 1. The van der Waals surface area contributed by atoms with Gasteiger partial charge in [0, 0.05) is 30.6 Å². The molecule has 0 unspecified atom stereocenters. The van der Waals surface area contributed by atoms with E-state index in [0.717, 1.165) is 25.3 Å². The lowest BCUT2D eigenvalue weighted by Gasteiger charge is -2.05. The number of rotatable bonds is 3. The molecule has 0 amide bonds. The smallest absolute Gasteiger partial charge is 0.208 e. The first-order chi connectivity index (χ1) is 9.65. The van der Waals surface area contributed by atoms with Crippen LogP contribution in [0.25, 0.3) is 10.9 Å². The lowest BCUT2D eigenvalue weighted by Crippen LogP contribution is -2.07. The molecule has 2 aromatic heterocycles. The van der Waals surface area contributed by atoms with E-state index in [0.29, 0.717) is 5.69 Å². The van der Waals surface area contributed by atoms with Crippen LogP contribution in [-0.2, 0) is 0 Å². The van der Waals surface area contributed by atoms with Crippen molar-refractivity contribution in [1.82, 2.24) is 15.2 Å². The first-order valence-electron chi connectivity index (χ1n) is 5.97. The van der Waals surface area contributed by atoms with E-state index in [2.05, 4.69) is 15.2 Å². The van der Waals surface area contributed by atoms with Crippen LogP contribution in [0.4, 0.5) is 10.8 Å². The predicted molar refractivity (Wildman–Crippen MR) is 84.5 cm³/mol. The van der Waals surface area contributed by atoms with Crippen LogP contribution in [-0.4, -0.2) is 29.3 Å². The van der Waals surface area contributed by atoms with Crippen molar-refractivity contribution >= 4 is 44.8 Å². The van der Waals surface area contributed by atoms with Crippen molar-refractivity contribution in [2.75, 3.05) is 24.7 Å². The molecule has 0 aliphatic heterocycles. The van der Waals surface area contributed by atoms with E-state index in [1.54, 1.807) is 29.3 Å². The van der Waals surface area contributed by atoms with Gasteiger partial charge < -0.3 is 10.6 Å². The molecule has 0 bridgehead atoms. The van der Waals surface area contributed by atoms with Crippen LogP contribution in [0.3, 0.4) is 0 Å². The van der Waals surface area contributed by atoms with Gasteiger partial charge in [0.15, 0.2) is 4.34 Å². The van der Waals surface area contributed by atoms with E-state index < -0.39 is 0 Å². The summed E-state index contributed by atoms with van der Waals surface area (Å²) in [6, 6.07) is 7.80. The lowest BCUT2D eigenvalue weighted by atomic mass is 10.2. The number of hydrogen-bond acceptors (Lipinski definition) is 7. The third-order valence-electron chi connectivity index (χ3n) is 2.74. The van der Waals surface area contributed by atoms with Crippen LogP contribution in [0.2, 0.25) is 0 Å². The summed E-state index contributed by atoms with van der Waals surface area (Å²) in [7, 11) is 3.91. The maximum absolute atomic E-state index is 5.96. The molecule has 20 heavy (non-hydrogen) atoms. The highest BCUT2D eigenvalue weighted by Gasteiger charge is 2.10. The van der Waals surface area contributed by atoms with Gasteiger partial charge in [-0.05, 0) is 12.1 Å². The number of hydrogen-bond donors (Lipinski definition) is 1. The lowest BCUT2D eigenvalue weighted by molar-refractivity contribution is 0.973. The Morgan fingerprint density at radius 2 is 2.05 bits per heavy atom. The highest BCUT2D eigenvalue weighted by Crippen LogP contribution is 2.36. The Hall–Kier alpha value is -1.86. The number of nitrogens with zero attached hydrogens (tertiary/aromatic N) is 4. The Labute approximate surface area is 124 Å². The Kier molecular flexibility index (Phi) is 3.45. The van der Waals surface area contributed by atoms with E-state index in [1.165, 1.54) is 0 Å². The van der Waals surface area contributed by atoms with Crippen LogP contribution >= 0.6 is 23.1 Å². The van der Waals surface area contributed by atoms with Gasteiger partial charge in [0.05, 0.1) is 11.2 Å². The largest absolute Gasteiger partial charge is 0.397 e. The summed E-state index contributed by atoms with van der Waals surface area (Å²) in [4.78, 5) is 7.37. The molecular weight excluding hydrogens is 290 g/mol. The third kappa shape index (κ3) is 2.41. The van der Waals surface area contributed by atoms with E-state index in [9.17, 15) is 0 Å². The van der Waals surface area contributed by atoms with Crippen LogP contribution in [0.15, 0.2) is 39.7 Å². The molecule has 102 valence electrons. The highest BCUT2D eigenvalue weighted by atomic mass is 32.2. The maximum Gasteiger partial charge on any atom is 0.208 e. The first kappa shape index (κ1) is 13.1. The van der Waals surface area contributed by atoms with Crippen LogP contribution in [0.1, 0.15) is 0 Å². The SMILES string of the molecule is CN(C)c1nnc(Sc2ccnc3c(N)cccc23)s1. The number of anilines is 2. The molecule has 0 atom stereocenters. The van der Waals surface area contributed by atoms with Gasteiger partial charge in [0.2, 0.25) is 5.13 Å². The molecule has 1 aromatic carbocycles.